The lowest BCUT2D eigenvalue weighted by Crippen LogP contribution is -1.95. The number of hydrogen-bond acceptors (Lipinski definition) is 2. The Balaban J connectivity index is 0.00000172. The molecule has 0 fully saturated rings. The summed E-state index contributed by atoms with van der Waals surface area (Å²) >= 11 is 1.35. The second-order valence-electron chi connectivity index (χ2n) is 4.89. The highest BCUT2D eigenvalue weighted by atomic mass is 32.1. The Bertz CT molecular complexity index is 455. The summed E-state index contributed by atoms with van der Waals surface area (Å²) in [6.45, 7) is 16.6. The fourth-order valence-corrected chi connectivity index (χ4v) is 3.06. The van der Waals surface area contributed by atoms with Gasteiger partial charge in [0.2, 0.25) is 0 Å². The molecule has 0 atom stereocenters. The zero-order chi connectivity index (χ0) is 16.0. The molecule has 0 unspecified atom stereocenters. The van der Waals surface area contributed by atoms with E-state index in [1.165, 1.54) is 18.3 Å². The van der Waals surface area contributed by atoms with Gasteiger partial charge in [-0.15, -0.1) is 11.3 Å². The average molecular weight is 301 g/mol. The van der Waals surface area contributed by atoms with Crippen molar-refractivity contribution in [1.29, 1.82) is 0 Å². The van der Waals surface area contributed by atoms with Crippen molar-refractivity contribution in [2.24, 2.45) is 0 Å². The van der Waals surface area contributed by atoms with Crippen LogP contribution < -0.4 is 0 Å². The fourth-order valence-electron chi connectivity index (χ4n) is 1.73. The Labute approximate surface area is 125 Å². The van der Waals surface area contributed by atoms with Crippen molar-refractivity contribution in [3.8, 4) is 0 Å². The zero-order valence-electron chi connectivity index (χ0n) is 13.5. The number of nitrogens with zero attached hydrogens (tertiary/aromatic N) is 1. The molecule has 0 saturated heterocycles. The lowest BCUT2D eigenvalue weighted by molar-refractivity contribution is 0.624. The molecule has 0 radical (unpaired) electrons. The Hall–Kier alpha value is -1.03. The number of aromatic nitrogens is 1. The van der Waals surface area contributed by atoms with Crippen LogP contribution in [0.5, 0.6) is 0 Å². The Morgan fingerprint density at radius 1 is 1.10 bits per heavy atom. The quantitative estimate of drug-likeness (QED) is 0.571. The summed E-state index contributed by atoms with van der Waals surface area (Å²) in [6, 6.07) is 0. The second-order valence-corrected chi connectivity index (χ2v) is 5.92. The highest BCUT2D eigenvalue weighted by molar-refractivity contribution is 7.13. The molecular weight excluding hydrogens is 276 g/mol. The van der Waals surface area contributed by atoms with Crippen LogP contribution in [-0.4, -0.2) is 4.98 Å². The molecule has 0 aliphatic rings. The van der Waals surface area contributed by atoms with Crippen LogP contribution >= 0.6 is 11.3 Å². The van der Waals surface area contributed by atoms with Crippen LogP contribution in [0, 0.1) is 0 Å². The molecule has 0 aliphatic heterocycles. The number of rotatable bonds is 4. The largest absolute Gasteiger partial charge is 0.240 e. The minimum Gasteiger partial charge on any atom is -0.240 e. The topological polar surface area (TPSA) is 12.9 Å². The third kappa shape index (κ3) is 4.51. The van der Waals surface area contributed by atoms with Crippen LogP contribution in [0.4, 0.5) is 8.78 Å². The third-order valence-electron chi connectivity index (χ3n) is 2.58. The van der Waals surface area contributed by atoms with E-state index in [9.17, 15) is 8.78 Å². The van der Waals surface area contributed by atoms with Gasteiger partial charge in [0.25, 0.3) is 0 Å². The molecule has 0 amide bonds. The van der Waals surface area contributed by atoms with E-state index >= 15 is 0 Å². The van der Waals surface area contributed by atoms with Gasteiger partial charge in [0.1, 0.15) is 16.7 Å². The van der Waals surface area contributed by atoms with Crippen molar-refractivity contribution in [2.45, 2.75) is 60.3 Å². The lowest BCUT2D eigenvalue weighted by atomic mass is 10.0. The Morgan fingerprint density at radius 2 is 1.60 bits per heavy atom. The molecule has 0 aliphatic carbocycles. The van der Waals surface area contributed by atoms with Crippen LogP contribution in [-0.2, 0) is 0 Å². The van der Waals surface area contributed by atoms with E-state index in [1.54, 1.807) is 0 Å². The molecule has 1 aromatic heterocycles. The molecule has 1 rings (SSSR count). The molecule has 0 saturated carbocycles. The van der Waals surface area contributed by atoms with Gasteiger partial charge in [-0.25, -0.2) is 13.8 Å². The van der Waals surface area contributed by atoms with Gasteiger partial charge in [-0.3, -0.25) is 0 Å². The van der Waals surface area contributed by atoms with E-state index in [-0.39, 0.29) is 11.5 Å². The smallest absolute Gasteiger partial charge is 0.129 e. The van der Waals surface area contributed by atoms with Crippen molar-refractivity contribution < 1.29 is 8.78 Å². The molecule has 1 heterocycles. The van der Waals surface area contributed by atoms with Gasteiger partial charge in [0, 0.05) is 4.88 Å². The predicted octanol–water partition coefficient (Wildman–Crippen LogP) is 6.60. The van der Waals surface area contributed by atoms with Crippen molar-refractivity contribution in [1.82, 2.24) is 4.98 Å². The molecule has 0 bridgehead atoms. The molecule has 1 aromatic rings. The SMILES string of the molecule is C=C(F)/C(=C(\C)F)c1nc(C(C)C)c(C(C)C)s1.CC. The molecule has 4 heteroatoms. The third-order valence-corrected chi connectivity index (χ3v) is 3.97. The van der Waals surface area contributed by atoms with Crippen LogP contribution in [0.3, 0.4) is 0 Å². The van der Waals surface area contributed by atoms with Gasteiger partial charge in [-0.05, 0) is 18.8 Å². The molecule has 0 N–H and O–H groups in total. The summed E-state index contributed by atoms with van der Waals surface area (Å²) in [7, 11) is 0. The van der Waals surface area contributed by atoms with Crippen LogP contribution in [0.25, 0.3) is 5.57 Å². The highest BCUT2D eigenvalue weighted by Gasteiger charge is 2.21. The minimum absolute atomic E-state index is 0.103. The summed E-state index contributed by atoms with van der Waals surface area (Å²) in [5.41, 5.74) is 0.818. The van der Waals surface area contributed by atoms with Crippen molar-refractivity contribution in [3.05, 3.63) is 33.8 Å². The highest BCUT2D eigenvalue weighted by Crippen LogP contribution is 2.37. The summed E-state index contributed by atoms with van der Waals surface area (Å²) in [6.07, 6.45) is 0. The van der Waals surface area contributed by atoms with E-state index in [0.717, 1.165) is 10.6 Å². The Morgan fingerprint density at radius 3 is 1.85 bits per heavy atom. The zero-order valence-corrected chi connectivity index (χ0v) is 14.3. The van der Waals surface area contributed by atoms with Gasteiger partial charge < -0.3 is 0 Å². The fraction of sp³-hybridized carbons (Fsp3) is 0.562. The molecule has 0 aromatic carbocycles. The standard InChI is InChI=1S/C14H19F2NS.C2H6/c1-7(2)12-13(8(3)4)18-14(17-12)11(9(5)15)10(6)16;1-2/h7-8H,5H2,1-4,6H3;1-2H3/b11-10-;. The van der Waals surface area contributed by atoms with E-state index in [2.05, 4.69) is 25.4 Å². The molecule has 20 heavy (non-hydrogen) atoms. The lowest BCUT2D eigenvalue weighted by Gasteiger charge is -2.07. The molecular formula is C16H25F2NS. The van der Waals surface area contributed by atoms with Crippen molar-refractivity contribution in [2.75, 3.05) is 0 Å². The monoisotopic (exact) mass is 301 g/mol. The minimum atomic E-state index is -0.769. The van der Waals surface area contributed by atoms with Gasteiger partial charge in [0.15, 0.2) is 0 Å². The second kappa shape index (κ2) is 8.30. The van der Waals surface area contributed by atoms with Crippen LogP contribution in [0.1, 0.15) is 75.9 Å². The maximum atomic E-state index is 13.4. The first kappa shape index (κ1) is 19.0. The maximum Gasteiger partial charge on any atom is 0.129 e. The van der Waals surface area contributed by atoms with E-state index < -0.39 is 11.7 Å². The van der Waals surface area contributed by atoms with Gasteiger partial charge in [-0.1, -0.05) is 48.1 Å². The van der Waals surface area contributed by atoms with Crippen molar-refractivity contribution >= 4 is 16.9 Å². The maximum absolute atomic E-state index is 13.4. The normalized spacial score (nSPS) is 12.2. The number of hydrogen-bond donors (Lipinski definition) is 0. The van der Waals surface area contributed by atoms with E-state index in [0.29, 0.717) is 10.9 Å². The molecule has 114 valence electrons. The first-order chi connectivity index (χ1) is 9.25. The first-order valence-corrected chi connectivity index (χ1v) is 7.79. The van der Waals surface area contributed by atoms with Gasteiger partial charge >= 0.3 is 0 Å². The number of allylic oxidation sites excluding steroid dienone is 3. The summed E-state index contributed by atoms with van der Waals surface area (Å²) in [4.78, 5) is 5.48. The van der Waals surface area contributed by atoms with Gasteiger partial charge in [0.05, 0.1) is 11.3 Å². The average Bonchev–Trinajstić information content (AvgIpc) is 2.75. The number of halogens is 2. The summed E-state index contributed by atoms with van der Waals surface area (Å²) in [5, 5.41) is 0.384. The number of thiazole rings is 1. The predicted molar refractivity (Wildman–Crippen MR) is 85.6 cm³/mol. The van der Waals surface area contributed by atoms with E-state index in [4.69, 9.17) is 0 Å². The van der Waals surface area contributed by atoms with Crippen molar-refractivity contribution in [3.63, 3.8) is 0 Å². The first-order valence-electron chi connectivity index (χ1n) is 6.97. The Kier molecular flexibility index (Phi) is 7.87. The molecule has 1 nitrogen and oxygen atoms in total. The van der Waals surface area contributed by atoms with E-state index in [1.807, 2.05) is 27.7 Å². The summed E-state index contributed by atoms with van der Waals surface area (Å²) < 4.78 is 26.7. The van der Waals surface area contributed by atoms with Crippen LogP contribution in [0.15, 0.2) is 18.2 Å². The van der Waals surface area contributed by atoms with Crippen LogP contribution in [0.2, 0.25) is 0 Å². The molecule has 0 spiro atoms. The van der Waals surface area contributed by atoms with Gasteiger partial charge in [-0.2, -0.15) is 0 Å². The summed E-state index contributed by atoms with van der Waals surface area (Å²) in [5.74, 6) is -0.819.